The van der Waals surface area contributed by atoms with Crippen molar-refractivity contribution in [3.63, 3.8) is 0 Å². The predicted molar refractivity (Wildman–Crippen MR) is 82.0 cm³/mol. The predicted octanol–water partition coefficient (Wildman–Crippen LogP) is 2.33. The fourth-order valence-corrected chi connectivity index (χ4v) is 3.44. The van der Waals surface area contributed by atoms with Crippen LogP contribution in [0.1, 0.15) is 17.8 Å². The van der Waals surface area contributed by atoms with Crippen LogP contribution >= 0.6 is 27.3 Å². The number of nitrogens with one attached hydrogen (secondary N) is 2. The lowest BCUT2D eigenvalue weighted by Crippen LogP contribution is -2.45. The van der Waals surface area contributed by atoms with Gasteiger partial charge in [0.05, 0.1) is 22.0 Å². The molecule has 0 spiro atoms. The molecule has 0 radical (unpaired) electrons. The van der Waals surface area contributed by atoms with E-state index in [0.29, 0.717) is 17.9 Å². The Balaban J connectivity index is 2.26. The van der Waals surface area contributed by atoms with Crippen LogP contribution in [0.4, 0.5) is 4.79 Å². The second-order valence-electron chi connectivity index (χ2n) is 4.34. The quantitative estimate of drug-likeness (QED) is 0.612. The third-order valence-electron chi connectivity index (χ3n) is 2.89. The lowest BCUT2D eigenvalue weighted by molar-refractivity contribution is -0.140. The molecule has 0 aromatic carbocycles. The molecule has 0 saturated carbocycles. The largest absolute Gasteiger partial charge is 0.460 e. The van der Waals surface area contributed by atoms with Gasteiger partial charge in [0.2, 0.25) is 0 Å². The van der Waals surface area contributed by atoms with Gasteiger partial charge in [-0.1, -0.05) is 0 Å². The number of halogens is 1. The van der Waals surface area contributed by atoms with Crippen LogP contribution in [-0.2, 0) is 14.3 Å². The number of carbonyl (C=O) groups excluding carboxylic acids is 2. The molecule has 2 N–H and O–H groups in total. The molecule has 0 bridgehead atoms. The second kappa shape index (κ2) is 7.06. The summed E-state index contributed by atoms with van der Waals surface area (Å²) in [5.41, 5.74) is 0.899. The summed E-state index contributed by atoms with van der Waals surface area (Å²) in [6.07, 6.45) is 0. The Morgan fingerprint density at radius 1 is 1.43 bits per heavy atom. The Labute approximate surface area is 134 Å². The molecule has 1 unspecified atom stereocenters. The van der Waals surface area contributed by atoms with Crippen molar-refractivity contribution in [1.29, 1.82) is 0 Å². The summed E-state index contributed by atoms with van der Waals surface area (Å²) >= 11 is 4.83. The molecule has 1 aliphatic heterocycles. The van der Waals surface area contributed by atoms with Crippen molar-refractivity contribution in [2.45, 2.75) is 13.0 Å². The van der Waals surface area contributed by atoms with E-state index in [2.05, 4.69) is 26.6 Å². The number of hydrogen-bond donors (Lipinski definition) is 2. The fraction of sp³-hybridized carbons (Fsp3) is 0.385. The normalized spacial score (nSPS) is 18.2. The minimum Gasteiger partial charge on any atom is -0.460 e. The van der Waals surface area contributed by atoms with Gasteiger partial charge >= 0.3 is 12.0 Å². The minimum atomic E-state index is -0.509. The van der Waals surface area contributed by atoms with Gasteiger partial charge in [-0.3, -0.25) is 0 Å². The van der Waals surface area contributed by atoms with Crippen molar-refractivity contribution >= 4 is 39.3 Å². The first-order valence-corrected chi connectivity index (χ1v) is 7.83. The number of methoxy groups -OCH3 is 1. The van der Waals surface area contributed by atoms with Crippen LogP contribution in [0.15, 0.2) is 27.2 Å². The topological polar surface area (TPSA) is 76.7 Å². The molecule has 0 fully saturated rings. The zero-order chi connectivity index (χ0) is 15.4. The maximum atomic E-state index is 12.2. The Morgan fingerprint density at radius 2 is 2.19 bits per heavy atom. The number of rotatable bonds is 5. The summed E-state index contributed by atoms with van der Waals surface area (Å²) in [7, 11) is 1.53. The van der Waals surface area contributed by atoms with Gasteiger partial charge in [0.1, 0.15) is 6.61 Å². The molecule has 6 nitrogen and oxygen atoms in total. The first-order chi connectivity index (χ1) is 10.0. The lowest BCUT2D eigenvalue weighted by Gasteiger charge is -2.27. The molecule has 2 amide bonds. The van der Waals surface area contributed by atoms with Crippen LogP contribution in [0, 0.1) is 0 Å². The van der Waals surface area contributed by atoms with Gasteiger partial charge < -0.3 is 20.1 Å². The Morgan fingerprint density at radius 3 is 2.81 bits per heavy atom. The molecule has 114 valence electrons. The molecule has 1 atom stereocenters. The van der Waals surface area contributed by atoms with E-state index in [1.54, 1.807) is 6.92 Å². The van der Waals surface area contributed by atoms with Crippen molar-refractivity contribution in [3.8, 4) is 0 Å². The third kappa shape index (κ3) is 3.84. The molecule has 1 aromatic heterocycles. The van der Waals surface area contributed by atoms with Gasteiger partial charge in [0.15, 0.2) is 0 Å². The number of carbonyl (C=O) groups is 2. The van der Waals surface area contributed by atoms with E-state index in [1.165, 1.54) is 18.4 Å². The molecule has 8 heteroatoms. The van der Waals surface area contributed by atoms with Crippen molar-refractivity contribution < 1.29 is 19.1 Å². The van der Waals surface area contributed by atoms with Crippen LogP contribution in [-0.4, -0.2) is 32.3 Å². The van der Waals surface area contributed by atoms with Gasteiger partial charge in [-0.05, 0) is 35.0 Å². The zero-order valence-corrected chi connectivity index (χ0v) is 14.0. The number of amides is 2. The molecule has 1 aliphatic rings. The summed E-state index contributed by atoms with van der Waals surface area (Å²) in [5, 5.41) is 5.34. The molecule has 21 heavy (non-hydrogen) atoms. The van der Waals surface area contributed by atoms with E-state index in [4.69, 9.17) is 9.47 Å². The Kier molecular flexibility index (Phi) is 5.38. The number of allylic oxidation sites excluding steroid dienone is 1. The van der Waals surface area contributed by atoms with E-state index >= 15 is 0 Å². The van der Waals surface area contributed by atoms with Crippen molar-refractivity contribution in [2.75, 3.05) is 20.3 Å². The highest BCUT2D eigenvalue weighted by atomic mass is 79.9. The number of hydrogen-bond acceptors (Lipinski definition) is 5. The number of esters is 1. The second-order valence-corrected chi connectivity index (χ2v) is 6.84. The van der Waals surface area contributed by atoms with Crippen molar-refractivity contribution in [2.24, 2.45) is 0 Å². The lowest BCUT2D eigenvalue weighted by atomic mass is 10.0. The highest BCUT2D eigenvalue weighted by molar-refractivity contribution is 9.11. The summed E-state index contributed by atoms with van der Waals surface area (Å²) < 4.78 is 10.9. The number of thiophene rings is 1. The molecular formula is C13H15BrN2O4S. The van der Waals surface area contributed by atoms with E-state index in [0.717, 1.165) is 8.66 Å². The minimum absolute atomic E-state index is 0.168. The van der Waals surface area contributed by atoms with E-state index in [1.807, 2.05) is 12.1 Å². The monoisotopic (exact) mass is 374 g/mol. The van der Waals surface area contributed by atoms with Crippen LogP contribution in [0.2, 0.25) is 0 Å². The van der Waals surface area contributed by atoms with E-state index in [9.17, 15) is 9.59 Å². The molecule has 0 saturated heterocycles. The van der Waals surface area contributed by atoms with Gasteiger partial charge in [0, 0.05) is 17.7 Å². The fourth-order valence-electron chi connectivity index (χ4n) is 1.96. The summed E-state index contributed by atoms with van der Waals surface area (Å²) in [5.74, 6) is -0.466. The van der Waals surface area contributed by atoms with Gasteiger partial charge in [-0.15, -0.1) is 11.3 Å². The van der Waals surface area contributed by atoms with Gasteiger partial charge in [0.25, 0.3) is 0 Å². The third-order valence-corrected chi connectivity index (χ3v) is 4.58. The number of ether oxygens (including phenoxy) is 2. The maximum Gasteiger partial charge on any atom is 0.338 e. The average molecular weight is 375 g/mol. The zero-order valence-electron chi connectivity index (χ0n) is 11.6. The van der Waals surface area contributed by atoms with Gasteiger partial charge in [-0.2, -0.15) is 0 Å². The first-order valence-electron chi connectivity index (χ1n) is 6.22. The molecule has 2 rings (SSSR count). The SMILES string of the molecule is COCCOC(=O)C1=C(C)NC(=O)NC1c1ccc(Br)s1. The standard InChI is InChI=1S/C13H15BrN2O4S/c1-7-10(12(17)20-6-5-19-2)11(16-13(18)15-7)8-3-4-9(14)21-8/h3-4,11H,5-6H2,1-2H3,(H2,15,16,18). The van der Waals surface area contributed by atoms with Crippen molar-refractivity contribution in [1.82, 2.24) is 10.6 Å². The molecule has 2 heterocycles. The van der Waals surface area contributed by atoms with Crippen LogP contribution in [0.5, 0.6) is 0 Å². The smallest absolute Gasteiger partial charge is 0.338 e. The van der Waals surface area contributed by atoms with Crippen molar-refractivity contribution in [3.05, 3.63) is 32.1 Å². The average Bonchev–Trinajstić information content (AvgIpc) is 2.84. The maximum absolute atomic E-state index is 12.2. The van der Waals surface area contributed by atoms with Crippen LogP contribution < -0.4 is 10.6 Å². The molecule has 0 aliphatic carbocycles. The summed E-state index contributed by atoms with van der Waals surface area (Å²) in [6, 6.07) is 2.89. The van der Waals surface area contributed by atoms with Crippen LogP contribution in [0.3, 0.4) is 0 Å². The van der Waals surface area contributed by atoms with E-state index in [-0.39, 0.29) is 12.6 Å². The Hall–Kier alpha value is -1.38. The Bertz CT molecular complexity index is 584. The molecular weight excluding hydrogens is 360 g/mol. The van der Waals surface area contributed by atoms with Crippen LogP contribution in [0.25, 0.3) is 0 Å². The summed E-state index contributed by atoms with van der Waals surface area (Å²) in [6.45, 7) is 2.18. The molecule has 1 aromatic rings. The number of urea groups is 1. The van der Waals surface area contributed by atoms with E-state index < -0.39 is 12.0 Å². The van der Waals surface area contributed by atoms with Gasteiger partial charge in [-0.25, -0.2) is 9.59 Å². The highest BCUT2D eigenvalue weighted by Crippen LogP contribution is 2.34. The highest BCUT2D eigenvalue weighted by Gasteiger charge is 2.33. The first kappa shape index (κ1) is 16.0. The summed E-state index contributed by atoms with van der Waals surface area (Å²) in [4.78, 5) is 24.8.